The lowest BCUT2D eigenvalue weighted by atomic mass is 9.76. The number of ether oxygens (including phenoxy) is 1. The summed E-state index contributed by atoms with van der Waals surface area (Å²) in [6.07, 6.45) is 3.56. The van der Waals surface area contributed by atoms with Crippen LogP contribution in [0.2, 0.25) is 5.02 Å². The average Bonchev–Trinajstić information content (AvgIpc) is 2.35. The topological polar surface area (TPSA) is 21.3 Å². The smallest absolute Gasteiger partial charge is 0.0489 e. The van der Waals surface area contributed by atoms with Crippen LogP contribution in [-0.2, 0) is 4.74 Å². The summed E-state index contributed by atoms with van der Waals surface area (Å²) in [5.41, 5.74) is 1.39. The number of hydrogen-bond acceptors (Lipinski definition) is 2. The van der Waals surface area contributed by atoms with Crippen molar-refractivity contribution in [2.45, 2.75) is 45.1 Å². The van der Waals surface area contributed by atoms with E-state index in [0.29, 0.717) is 17.9 Å². The van der Waals surface area contributed by atoms with E-state index in [1.54, 1.807) is 0 Å². The maximum absolute atomic E-state index is 6.03. The van der Waals surface area contributed by atoms with Crippen molar-refractivity contribution in [2.24, 2.45) is 5.92 Å². The van der Waals surface area contributed by atoms with Gasteiger partial charge in [-0.25, -0.2) is 0 Å². The summed E-state index contributed by atoms with van der Waals surface area (Å²) in [5, 5.41) is 4.46. The molecule has 1 N–H and O–H groups in total. The highest BCUT2D eigenvalue weighted by Crippen LogP contribution is 2.37. The molecule has 20 heavy (non-hydrogen) atoms. The van der Waals surface area contributed by atoms with Crippen LogP contribution in [0, 0.1) is 5.92 Å². The largest absolute Gasteiger partial charge is 0.381 e. The lowest BCUT2D eigenvalue weighted by molar-refractivity contribution is 0.106. The molecule has 0 heterocycles. The first kappa shape index (κ1) is 15.8. The van der Waals surface area contributed by atoms with Crippen LogP contribution >= 0.6 is 11.6 Å². The Labute approximate surface area is 127 Å². The third-order valence-corrected chi connectivity index (χ3v) is 4.04. The molecule has 0 radical (unpaired) electrons. The minimum atomic E-state index is 0.632. The van der Waals surface area contributed by atoms with Gasteiger partial charge in [0.15, 0.2) is 0 Å². The van der Waals surface area contributed by atoms with Crippen molar-refractivity contribution in [3.05, 3.63) is 34.9 Å². The molecule has 0 aliphatic heterocycles. The molecule has 0 bridgehead atoms. The highest BCUT2D eigenvalue weighted by Gasteiger charge is 2.29. The van der Waals surface area contributed by atoms with E-state index in [0.717, 1.165) is 31.2 Å². The van der Waals surface area contributed by atoms with E-state index in [-0.39, 0.29) is 0 Å². The van der Waals surface area contributed by atoms with Gasteiger partial charge in [0.2, 0.25) is 0 Å². The Hall–Kier alpha value is -0.570. The molecule has 1 aromatic carbocycles. The predicted molar refractivity (Wildman–Crippen MR) is 85.5 cm³/mol. The molecule has 0 spiro atoms. The third kappa shape index (κ3) is 5.08. The maximum Gasteiger partial charge on any atom is 0.0489 e. The highest BCUT2D eigenvalue weighted by molar-refractivity contribution is 6.30. The zero-order valence-electron chi connectivity index (χ0n) is 12.6. The maximum atomic E-state index is 6.03. The molecule has 2 nitrogen and oxygen atoms in total. The summed E-state index contributed by atoms with van der Waals surface area (Å²) in [6, 6.07) is 8.94. The Bertz CT molecular complexity index is 402. The number of nitrogens with one attached hydrogen (secondary N) is 1. The lowest BCUT2D eigenvalue weighted by Gasteiger charge is -2.36. The minimum Gasteiger partial charge on any atom is -0.381 e. The Balaban J connectivity index is 1.54. The van der Waals surface area contributed by atoms with Crippen LogP contribution in [-0.4, -0.2) is 25.8 Å². The Morgan fingerprint density at radius 2 is 2.15 bits per heavy atom. The van der Waals surface area contributed by atoms with Gasteiger partial charge in [0.25, 0.3) is 0 Å². The molecule has 1 saturated carbocycles. The van der Waals surface area contributed by atoms with Crippen LogP contribution in [0.5, 0.6) is 0 Å². The third-order valence-electron chi connectivity index (χ3n) is 3.81. The zero-order chi connectivity index (χ0) is 14.4. The Morgan fingerprint density at radius 1 is 1.35 bits per heavy atom. The second-order valence-electron chi connectivity index (χ2n) is 6.20. The van der Waals surface area contributed by atoms with Crippen LogP contribution < -0.4 is 5.32 Å². The van der Waals surface area contributed by atoms with E-state index in [1.165, 1.54) is 18.4 Å². The molecular formula is C17H26ClNO. The van der Waals surface area contributed by atoms with Gasteiger partial charge < -0.3 is 10.1 Å². The van der Waals surface area contributed by atoms with Gasteiger partial charge >= 0.3 is 0 Å². The molecule has 1 aliphatic rings. The SMILES string of the molecule is CC(C)COCCCNC1CC(c2cccc(Cl)c2)C1. The standard InChI is InChI=1S/C17H26ClNO/c1-13(2)12-20-8-4-7-19-17-10-15(11-17)14-5-3-6-16(18)9-14/h3,5-6,9,13,15,17,19H,4,7-8,10-12H2,1-2H3. The van der Waals surface area contributed by atoms with Crippen LogP contribution in [0.1, 0.15) is 44.6 Å². The van der Waals surface area contributed by atoms with Crippen molar-refractivity contribution in [1.82, 2.24) is 5.32 Å². The van der Waals surface area contributed by atoms with E-state index in [2.05, 4.69) is 31.3 Å². The summed E-state index contributed by atoms with van der Waals surface area (Å²) >= 11 is 6.03. The monoisotopic (exact) mass is 295 g/mol. The van der Waals surface area contributed by atoms with Gasteiger partial charge in [0, 0.05) is 24.3 Å². The first-order chi connectivity index (χ1) is 9.65. The summed E-state index contributed by atoms with van der Waals surface area (Å²) < 4.78 is 5.58. The van der Waals surface area contributed by atoms with Crippen molar-refractivity contribution in [2.75, 3.05) is 19.8 Å². The first-order valence-corrected chi connectivity index (χ1v) is 8.09. The number of hydrogen-bond donors (Lipinski definition) is 1. The van der Waals surface area contributed by atoms with Crippen molar-refractivity contribution in [3.8, 4) is 0 Å². The van der Waals surface area contributed by atoms with Crippen molar-refractivity contribution >= 4 is 11.6 Å². The molecule has 0 aromatic heterocycles. The molecule has 1 aromatic rings. The van der Waals surface area contributed by atoms with Gasteiger partial charge in [-0.3, -0.25) is 0 Å². The fourth-order valence-corrected chi connectivity index (χ4v) is 2.82. The van der Waals surface area contributed by atoms with Crippen molar-refractivity contribution < 1.29 is 4.74 Å². The van der Waals surface area contributed by atoms with Crippen LogP contribution in [0.15, 0.2) is 24.3 Å². The molecule has 3 heteroatoms. The molecular weight excluding hydrogens is 270 g/mol. The van der Waals surface area contributed by atoms with Gasteiger partial charge in [-0.05, 0) is 55.3 Å². The molecule has 1 fully saturated rings. The Morgan fingerprint density at radius 3 is 2.85 bits per heavy atom. The second-order valence-corrected chi connectivity index (χ2v) is 6.63. The van der Waals surface area contributed by atoms with E-state index >= 15 is 0 Å². The molecule has 0 atom stereocenters. The van der Waals surface area contributed by atoms with Gasteiger partial charge in [-0.2, -0.15) is 0 Å². The first-order valence-electron chi connectivity index (χ1n) is 7.71. The molecule has 0 unspecified atom stereocenters. The minimum absolute atomic E-state index is 0.632. The van der Waals surface area contributed by atoms with Gasteiger partial charge in [0.05, 0.1) is 0 Å². The van der Waals surface area contributed by atoms with Gasteiger partial charge in [-0.15, -0.1) is 0 Å². The van der Waals surface area contributed by atoms with E-state index in [1.807, 2.05) is 12.1 Å². The van der Waals surface area contributed by atoms with Crippen molar-refractivity contribution in [1.29, 1.82) is 0 Å². The van der Waals surface area contributed by atoms with Crippen LogP contribution in [0.25, 0.3) is 0 Å². The van der Waals surface area contributed by atoms with Gasteiger partial charge in [-0.1, -0.05) is 37.6 Å². The summed E-state index contributed by atoms with van der Waals surface area (Å²) in [7, 11) is 0. The summed E-state index contributed by atoms with van der Waals surface area (Å²) in [6.45, 7) is 7.17. The van der Waals surface area contributed by atoms with Crippen molar-refractivity contribution in [3.63, 3.8) is 0 Å². The number of halogens is 1. The molecule has 1 aliphatic carbocycles. The van der Waals surface area contributed by atoms with E-state index in [9.17, 15) is 0 Å². The second kappa shape index (κ2) is 8.02. The predicted octanol–water partition coefficient (Wildman–Crippen LogP) is 4.24. The molecule has 2 rings (SSSR count). The average molecular weight is 296 g/mol. The molecule has 112 valence electrons. The van der Waals surface area contributed by atoms with Crippen LogP contribution in [0.3, 0.4) is 0 Å². The highest BCUT2D eigenvalue weighted by atomic mass is 35.5. The fourth-order valence-electron chi connectivity index (χ4n) is 2.62. The lowest BCUT2D eigenvalue weighted by Crippen LogP contribution is -2.40. The fraction of sp³-hybridized carbons (Fsp3) is 0.647. The molecule has 0 saturated heterocycles. The van der Waals surface area contributed by atoms with E-state index in [4.69, 9.17) is 16.3 Å². The number of benzene rings is 1. The zero-order valence-corrected chi connectivity index (χ0v) is 13.3. The molecule has 0 amide bonds. The van der Waals surface area contributed by atoms with E-state index < -0.39 is 0 Å². The summed E-state index contributed by atoms with van der Waals surface area (Å²) in [5.74, 6) is 1.32. The normalized spacial score (nSPS) is 22.0. The Kier molecular flexibility index (Phi) is 6.34. The number of rotatable bonds is 8. The van der Waals surface area contributed by atoms with Gasteiger partial charge in [0.1, 0.15) is 0 Å². The van der Waals surface area contributed by atoms with Crippen LogP contribution in [0.4, 0.5) is 0 Å². The quantitative estimate of drug-likeness (QED) is 0.724. The summed E-state index contributed by atoms with van der Waals surface area (Å²) in [4.78, 5) is 0.